The first-order valence-corrected chi connectivity index (χ1v) is 3.46. The minimum absolute atomic E-state index is 0.139. The molecule has 3 heteroatoms. The monoisotopic (exact) mass is 167 g/mol. The van der Waals surface area contributed by atoms with Gasteiger partial charge in [0.05, 0.1) is 12.5 Å². The highest BCUT2D eigenvalue weighted by atomic mass is 35.5. The largest absolute Gasteiger partial charge is 0.508 e. The smallest absolute Gasteiger partial charge is 0.115 e. The average Bonchev–Trinajstić information content (AvgIpc) is 1.98. The van der Waals surface area contributed by atoms with Gasteiger partial charge in [0.25, 0.3) is 0 Å². The van der Waals surface area contributed by atoms with Crippen molar-refractivity contribution in [3.63, 3.8) is 0 Å². The highest BCUT2D eigenvalue weighted by Crippen LogP contribution is 2.20. The zero-order valence-corrected chi connectivity index (χ0v) is 6.47. The maximum atomic E-state index is 9.00. The Morgan fingerprint density at radius 2 is 2.27 bits per heavy atom. The second-order valence-corrected chi connectivity index (χ2v) is 2.52. The van der Waals surface area contributed by atoms with Crippen LogP contribution in [0.25, 0.3) is 0 Å². The van der Waals surface area contributed by atoms with Crippen LogP contribution in [-0.2, 0) is 6.42 Å². The number of phenolic OH excluding ortho intramolecular Hbond substituents is 1. The first-order chi connectivity index (χ1) is 5.24. The van der Waals surface area contributed by atoms with E-state index in [4.69, 9.17) is 22.0 Å². The second-order valence-electron chi connectivity index (χ2n) is 2.11. The number of nitriles is 1. The Labute approximate surface area is 69.7 Å². The van der Waals surface area contributed by atoms with Crippen LogP contribution in [-0.4, -0.2) is 5.11 Å². The van der Waals surface area contributed by atoms with E-state index in [1.54, 1.807) is 6.07 Å². The van der Waals surface area contributed by atoms with Crippen molar-refractivity contribution in [1.82, 2.24) is 0 Å². The predicted molar refractivity (Wildman–Crippen MR) is 42.4 cm³/mol. The molecule has 0 aliphatic rings. The Bertz CT molecular complexity index is 303. The summed E-state index contributed by atoms with van der Waals surface area (Å²) < 4.78 is 0. The van der Waals surface area contributed by atoms with Crippen LogP contribution in [0.1, 0.15) is 5.56 Å². The SMILES string of the molecule is N#CCc1cc(O)ccc1Cl. The van der Waals surface area contributed by atoms with Crippen molar-refractivity contribution in [3.8, 4) is 11.8 Å². The Hall–Kier alpha value is -1.20. The number of phenols is 1. The van der Waals surface area contributed by atoms with Crippen LogP contribution in [0.4, 0.5) is 0 Å². The topological polar surface area (TPSA) is 44.0 Å². The van der Waals surface area contributed by atoms with E-state index >= 15 is 0 Å². The van der Waals surface area contributed by atoms with Gasteiger partial charge in [-0.1, -0.05) is 11.6 Å². The summed E-state index contributed by atoms with van der Waals surface area (Å²) in [5.41, 5.74) is 0.661. The van der Waals surface area contributed by atoms with Gasteiger partial charge in [0.1, 0.15) is 5.75 Å². The third-order valence-corrected chi connectivity index (χ3v) is 1.67. The molecule has 0 heterocycles. The zero-order valence-electron chi connectivity index (χ0n) is 5.71. The molecule has 0 radical (unpaired) electrons. The number of hydrogen-bond donors (Lipinski definition) is 1. The van der Waals surface area contributed by atoms with Crippen molar-refractivity contribution < 1.29 is 5.11 Å². The molecule has 11 heavy (non-hydrogen) atoms. The van der Waals surface area contributed by atoms with Crippen molar-refractivity contribution in [2.75, 3.05) is 0 Å². The van der Waals surface area contributed by atoms with Crippen molar-refractivity contribution in [1.29, 1.82) is 5.26 Å². The molecular formula is C8H6ClNO. The van der Waals surface area contributed by atoms with E-state index < -0.39 is 0 Å². The quantitative estimate of drug-likeness (QED) is 0.696. The summed E-state index contributed by atoms with van der Waals surface area (Å²) in [5.74, 6) is 0.139. The molecule has 1 N–H and O–H groups in total. The summed E-state index contributed by atoms with van der Waals surface area (Å²) in [4.78, 5) is 0. The molecule has 0 aliphatic heterocycles. The first kappa shape index (κ1) is 7.90. The predicted octanol–water partition coefficient (Wildman–Crippen LogP) is 2.11. The molecule has 1 aromatic rings. The molecule has 1 rings (SSSR count). The summed E-state index contributed by atoms with van der Waals surface area (Å²) in [6.07, 6.45) is 0.229. The summed E-state index contributed by atoms with van der Waals surface area (Å²) in [6.45, 7) is 0. The van der Waals surface area contributed by atoms with Gasteiger partial charge in [-0.2, -0.15) is 5.26 Å². The molecule has 0 atom stereocenters. The molecule has 0 bridgehead atoms. The van der Waals surface area contributed by atoms with Gasteiger partial charge in [0.15, 0.2) is 0 Å². The van der Waals surface area contributed by atoms with Gasteiger partial charge < -0.3 is 5.11 Å². The van der Waals surface area contributed by atoms with Crippen LogP contribution < -0.4 is 0 Å². The van der Waals surface area contributed by atoms with Crippen molar-refractivity contribution in [2.24, 2.45) is 0 Å². The van der Waals surface area contributed by atoms with E-state index in [1.165, 1.54) is 12.1 Å². The fourth-order valence-electron chi connectivity index (χ4n) is 0.782. The highest BCUT2D eigenvalue weighted by molar-refractivity contribution is 6.31. The Balaban J connectivity index is 3.05. The zero-order chi connectivity index (χ0) is 8.27. The minimum atomic E-state index is 0.139. The molecule has 0 saturated carbocycles. The third-order valence-electron chi connectivity index (χ3n) is 1.30. The van der Waals surface area contributed by atoms with Crippen molar-refractivity contribution in [2.45, 2.75) is 6.42 Å². The summed E-state index contributed by atoms with van der Waals surface area (Å²) in [7, 11) is 0. The van der Waals surface area contributed by atoms with Gasteiger partial charge in [0.2, 0.25) is 0 Å². The van der Waals surface area contributed by atoms with E-state index in [1.807, 2.05) is 6.07 Å². The van der Waals surface area contributed by atoms with E-state index in [-0.39, 0.29) is 12.2 Å². The number of hydrogen-bond acceptors (Lipinski definition) is 2. The van der Waals surface area contributed by atoms with Crippen LogP contribution in [0.2, 0.25) is 5.02 Å². The number of halogens is 1. The average molecular weight is 168 g/mol. The van der Waals surface area contributed by atoms with E-state index in [0.717, 1.165) is 0 Å². The summed E-state index contributed by atoms with van der Waals surface area (Å²) >= 11 is 5.71. The maximum Gasteiger partial charge on any atom is 0.115 e. The van der Waals surface area contributed by atoms with Crippen LogP contribution in [0.3, 0.4) is 0 Å². The molecule has 0 saturated heterocycles. The third kappa shape index (κ3) is 1.86. The lowest BCUT2D eigenvalue weighted by molar-refractivity contribution is 0.475. The fourth-order valence-corrected chi connectivity index (χ4v) is 0.966. The molecular weight excluding hydrogens is 162 g/mol. The summed E-state index contributed by atoms with van der Waals surface area (Å²) in [5, 5.41) is 17.9. The highest BCUT2D eigenvalue weighted by Gasteiger charge is 1.99. The van der Waals surface area contributed by atoms with Crippen LogP contribution in [0, 0.1) is 11.3 Å². The van der Waals surface area contributed by atoms with Crippen LogP contribution in [0.5, 0.6) is 5.75 Å². The molecule has 1 aromatic carbocycles. The van der Waals surface area contributed by atoms with Gasteiger partial charge in [-0.15, -0.1) is 0 Å². The fraction of sp³-hybridized carbons (Fsp3) is 0.125. The van der Waals surface area contributed by atoms with E-state index in [2.05, 4.69) is 0 Å². The molecule has 0 amide bonds. The van der Waals surface area contributed by atoms with Gasteiger partial charge in [-0.05, 0) is 23.8 Å². The van der Waals surface area contributed by atoms with Crippen molar-refractivity contribution in [3.05, 3.63) is 28.8 Å². The van der Waals surface area contributed by atoms with Crippen molar-refractivity contribution >= 4 is 11.6 Å². The first-order valence-electron chi connectivity index (χ1n) is 3.08. The number of nitrogens with zero attached hydrogens (tertiary/aromatic N) is 1. The van der Waals surface area contributed by atoms with E-state index in [0.29, 0.717) is 10.6 Å². The van der Waals surface area contributed by atoms with Gasteiger partial charge in [-0.25, -0.2) is 0 Å². The minimum Gasteiger partial charge on any atom is -0.508 e. The van der Waals surface area contributed by atoms with Gasteiger partial charge in [-0.3, -0.25) is 0 Å². The Morgan fingerprint density at radius 3 is 2.91 bits per heavy atom. The molecule has 0 aromatic heterocycles. The number of benzene rings is 1. The molecule has 0 spiro atoms. The number of rotatable bonds is 1. The molecule has 0 fully saturated rings. The lowest BCUT2D eigenvalue weighted by atomic mass is 10.1. The molecule has 2 nitrogen and oxygen atoms in total. The molecule has 0 aliphatic carbocycles. The van der Waals surface area contributed by atoms with Gasteiger partial charge >= 0.3 is 0 Å². The molecule has 56 valence electrons. The van der Waals surface area contributed by atoms with Gasteiger partial charge in [0, 0.05) is 5.02 Å². The van der Waals surface area contributed by atoms with Crippen LogP contribution >= 0.6 is 11.6 Å². The maximum absolute atomic E-state index is 9.00. The normalized spacial score (nSPS) is 9.09. The van der Waals surface area contributed by atoms with Crippen LogP contribution in [0.15, 0.2) is 18.2 Å². The second kappa shape index (κ2) is 3.27. The number of aromatic hydroxyl groups is 1. The summed E-state index contributed by atoms with van der Waals surface area (Å²) in [6, 6.07) is 6.51. The standard InChI is InChI=1S/C8H6ClNO/c9-8-2-1-7(11)5-6(8)3-4-10/h1-2,5,11H,3H2. The lowest BCUT2D eigenvalue weighted by Gasteiger charge is -1.98. The van der Waals surface area contributed by atoms with E-state index in [9.17, 15) is 0 Å². The Morgan fingerprint density at radius 1 is 1.55 bits per heavy atom. The Kier molecular flexibility index (Phi) is 2.35. The lowest BCUT2D eigenvalue weighted by Crippen LogP contribution is -1.81. The molecule has 0 unspecified atom stereocenters.